The largest absolute Gasteiger partial charge is 0.418 e. The van der Waals surface area contributed by atoms with Gasteiger partial charge in [0.05, 0.1) is 47.9 Å². The van der Waals surface area contributed by atoms with Crippen molar-refractivity contribution in [2.24, 2.45) is 16.1 Å². The first-order chi connectivity index (χ1) is 18.4. The number of fused-ring (bicyclic) bond motifs is 1. The average molecular weight is 551 g/mol. The Kier molecular flexibility index (Phi) is 5.97. The number of benzene rings is 1. The van der Waals surface area contributed by atoms with Gasteiger partial charge in [0.25, 0.3) is 5.92 Å². The van der Waals surface area contributed by atoms with Gasteiger partial charge in [-0.3, -0.25) is 13.9 Å². The minimum absolute atomic E-state index is 0.0671. The molecule has 13 heteroatoms. The monoisotopic (exact) mass is 550 g/mol. The third-order valence-corrected chi connectivity index (χ3v) is 7.63. The second kappa shape index (κ2) is 9.04. The van der Waals surface area contributed by atoms with Crippen LogP contribution in [0.1, 0.15) is 41.9 Å². The topological polar surface area (TPSA) is 57.4 Å². The molecule has 1 aromatic carbocycles. The number of nitrogens with zero attached hydrogens (tertiary/aromatic N) is 6. The SMILES string of the molecule is C[N+]1=CN=N[C]1[C@@H](c1cc(F)cc(-n2cc3c(C(F)(F)F)cc(CN4CC(F)(F)C4)cn3c2=O)c1)C1CCC1. The lowest BCUT2D eigenvalue weighted by molar-refractivity contribution is -0.480. The summed E-state index contributed by atoms with van der Waals surface area (Å²) in [7, 11) is 1.78. The zero-order valence-corrected chi connectivity index (χ0v) is 20.8. The number of pyridine rings is 1. The number of likely N-dealkylation sites (N-methyl/N-ethyl adjacent to an activating group) is 1. The van der Waals surface area contributed by atoms with Crippen molar-refractivity contribution in [3.8, 4) is 5.69 Å². The van der Waals surface area contributed by atoms with E-state index in [1.807, 2.05) is 0 Å². The summed E-state index contributed by atoms with van der Waals surface area (Å²) >= 11 is 0. The number of imidazole rings is 1. The molecule has 2 aromatic heterocycles. The Morgan fingerprint density at radius 2 is 1.87 bits per heavy atom. The molecule has 1 radical (unpaired) electrons. The lowest BCUT2D eigenvalue weighted by Gasteiger charge is -2.38. The highest BCUT2D eigenvalue weighted by Gasteiger charge is 2.44. The maximum absolute atomic E-state index is 15.0. The van der Waals surface area contributed by atoms with Crippen LogP contribution in [0, 0.1) is 17.9 Å². The Morgan fingerprint density at radius 1 is 1.13 bits per heavy atom. The average Bonchev–Trinajstić information content (AvgIpc) is 3.36. The van der Waals surface area contributed by atoms with E-state index in [-0.39, 0.29) is 29.6 Å². The number of azo groups is 1. The fourth-order valence-corrected chi connectivity index (χ4v) is 5.62. The van der Waals surface area contributed by atoms with Gasteiger partial charge in [0.15, 0.2) is 0 Å². The predicted molar refractivity (Wildman–Crippen MR) is 129 cm³/mol. The van der Waals surface area contributed by atoms with E-state index in [9.17, 15) is 31.1 Å². The highest BCUT2D eigenvalue weighted by atomic mass is 19.4. The molecule has 0 N–H and O–H groups in total. The molecule has 1 atom stereocenters. The van der Waals surface area contributed by atoms with Gasteiger partial charge in [-0.2, -0.15) is 13.2 Å². The van der Waals surface area contributed by atoms with Crippen LogP contribution >= 0.6 is 0 Å². The first-order valence-electron chi connectivity index (χ1n) is 12.5. The molecule has 3 aromatic rings. The standard InChI is InChI=1S/C26H24F6N6O/c1-35-14-33-34-23(35)22(16-3-2-4-16)17-6-18(27)8-19(7-17)37-11-21-20(26(30,31)32)5-15(10-38(21)24(37)39)9-36-12-25(28,29)13-36/h5-8,10-11,14,16,22H,2-4,9,12-13H2,1H3/q+1/t22-/m1/s1. The van der Waals surface area contributed by atoms with Crippen molar-refractivity contribution in [2.75, 3.05) is 20.1 Å². The van der Waals surface area contributed by atoms with Crippen LogP contribution in [0.5, 0.6) is 0 Å². The van der Waals surface area contributed by atoms with Gasteiger partial charge in [-0.1, -0.05) is 6.42 Å². The number of alkyl halides is 5. The number of hydrogen-bond acceptors (Lipinski definition) is 4. The molecule has 4 heterocycles. The molecule has 7 nitrogen and oxygen atoms in total. The summed E-state index contributed by atoms with van der Waals surface area (Å²) < 4.78 is 87.1. The zero-order valence-electron chi connectivity index (χ0n) is 20.8. The first kappa shape index (κ1) is 25.8. The van der Waals surface area contributed by atoms with E-state index < -0.39 is 47.8 Å². The Hall–Kier alpha value is -3.48. The van der Waals surface area contributed by atoms with Crippen LogP contribution in [-0.2, 0) is 12.7 Å². The van der Waals surface area contributed by atoms with Gasteiger partial charge in [-0.05, 0) is 59.3 Å². The van der Waals surface area contributed by atoms with Gasteiger partial charge < -0.3 is 0 Å². The minimum atomic E-state index is -4.81. The normalized spacial score (nSPS) is 20.7. The summed E-state index contributed by atoms with van der Waals surface area (Å²) in [6, 6.07) is 4.91. The molecule has 0 unspecified atom stereocenters. The maximum atomic E-state index is 15.0. The number of hydrogen-bond donors (Lipinski definition) is 0. The highest BCUT2D eigenvalue weighted by Crippen LogP contribution is 2.46. The van der Waals surface area contributed by atoms with Crippen LogP contribution in [0.3, 0.4) is 0 Å². The van der Waals surface area contributed by atoms with Crippen molar-refractivity contribution < 1.29 is 30.9 Å². The summed E-state index contributed by atoms with van der Waals surface area (Å²) in [6.45, 7) is -1.30. The van der Waals surface area contributed by atoms with Gasteiger partial charge in [-0.15, -0.1) is 0 Å². The Morgan fingerprint density at radius 3 is 2.46 bits per heavy atom. The third-order valence-electron chi connectivity index (χ3n) is 7.63. The van der Waals surface area contributed by atoms with Gasteiger partial charge in [0.2, 0.25) is 0 Å². The predicted octanol–water partition coefficient (Wildman–Crippen LogP) is 5.21. The van der Waals surface area contributed by atoms with E-state index >= 15 is 0 Å². The fraction of sp³-hybridized carbons (Fsp3) is 0.423. The van der Waals surface area contributed by atoms with E-state index in [0.717, 1.165) is 46.6 Å². The lowest BCUT2D eigenvalue weighted by Crippen LogP contribution is -2.55. The Balaban J connectivity index is 1.44. The van der Waals surface area contributed by atoms with Crippen molar-refractivity contribution in [1.82, 2.24) is 13.9 Å². The van der Waals surface area contributed by atoms with Crippen LogP contribution in [0.2, 0.25) is 0 Å². The molecular formula is C26H24F6N6O+. The van der Waals surface area contributed by atoms with Gasteiger partial charge >= 0.3 is 24.4 Å². The molecule has 2 fully saturated rings. The lowest BCUT2D eigenvalue weighted by atomic mass is 9.71. The second-order valence-corrected chi connectivity index (χ2v) is 10.5. The van der Waals surface area contributed by atoms with Crippen LogP contribution in [0.15, 0.2) is 51.7 Å². The molecule has 1 saturated heterocycles. The number of likely N-dealkylation sites (tertiary alicyclic amines) is 1. The van der Waals surface area contributed by atoms with Crippen molar-refractivity contribution in [3.63, 3.8) is 0 Å². The Labute approximate surface area is 218 Å². The zero-order chi connectivity index (χ0) is 27.7. The summed E-state index contributed by atoms with van der Waals surface area (Å²) in [6.07, 6.45) is 2.44. The smallest absolute Gasteiger partial charge is 0.287 e. The van der Waals surface area contributed by atoms with Crippen LogP contribution in [0.4, 0.5) is 26.3 Å². The summed E-state index contributed by atoms with van der Waals surface area (Å²) in [5.74, 6) is -3.65. The summed E-state index contributed by atoms with van der Waals surface area (Å²) in [5.41, 5.74) is -1.64. The number of aromatic nitrogens is 2. The molecule has 2 aliphatic heterocycles. The van der Waals surface area contributed by atoms with Crippen molar-refractivity contribution in [3.05, 3.63) is 75.8 Å². The van der Waals surface area contributed by atoms with E-state index in [0.29, 0.717) is 11.7 Å². The van der Waals surface area contributed by atoms with Crippen LogP contribution in [0.25, 0.3) is 11.2 Å². The van der Waals surface area contributed by atoms with Gasteiger partial charge in [0.1, 0.15) is 5.82 Å². The van der Waals surface area contributed by atoms with Crippen LogP contribution in [-0.4, -0.2) is 50.8 Å². The minimum Gasteiger partial charge on any atom is -0.287 e. The van der Waals surface area contributed by atoms with Crippen molar-refractivity contribution >= 4 is 11.9 Å². The summed E-state index contributed by atoms with van der Waals surface area (Å²) in [4.78, 5) is 14.7. The molecule has 205 valence electrons. The fourth-order valence-electron chi connectivity index (χ4n) is 5.62. The van der Waals surface area contributed by atoms with Gasteiger partial charge in [-0.25, -0.2) is 22.5 Å². The molecule has 1 saturated carbocycles. The van der Waals surface area contributed by atoms with E-state index in [1.165, 1.54) is 17.2 Å². The number of halogens is 6. The third kappa shape index (κ3) is 4.66. The van der Waals surface area contributed by atoms with Crippen molar-refractivity contribution in [1.29, 1.82) is 0 Å². The molecule has 0 spiro atoms. The van der Waals surface area contributed by atoms with Crippen LogP contribution < -0.4 is 5.69 Å². The van der Waals surface area contributed by atoms with Gasteiger partial charge in [0, 0.05) is 18.9 Å². The number of rotatable bonds is 6. The van der Waals surface area contributed by atoms with E-state index in [1.54, 1.807) is 24.0 Å². The van der Waals surface area contributed by atoms with E-state index in [4.69, 9.17) is 0 Å². The van der Waals surface area contributed by atoms with E-state index in [2.05, 4.69) is 10.2 Å². The maximum Gasteiger partial charge on any atom is 0.418 e. The Bertz CT molecular complexity index is 1560. The highest BCUT2D eigenvalue weighted by molar-refractivity contribution is 5.58. The molecule has 3 aliphatic rings. The van der Waals surface area contributed by atoms with Crippen molar-refractivity contribution in [2.45, 2.75) is 43.8 Å². The molecule has 0 amide bonds. The molecule has 6 rings (SSSR count). The molecular weight excluding hydrogens is 526 g/mol. The molecule has 1 aliphatic carbocycles. The summed E-state index contributed by atoms with van der Waals surface area (Å²) in [5, 5.41) is 8.16. The molecule has 0 bridgehead atoms. The first-order valence-corrected chi connectivity index (χ1v) is 12.5. The molecule has 39 heavy (non-hydrogen) atoms. The second-order valence-electron chi connectivity index (χ2n) is 10.5. The quantitative estimate of drug-likeness (QED) is 0.313.